The molecule has 1 unspecified atom stereocenters. The molecule has 0 spiro atoms. The van der Waals surface area contributed by atoms with Crippen LogP contribution >= 0.6 is 0 Å². The Hall–Kier alpha value is -0.130. The third kappa shape index (κ3) is 3.70. The second-order valence-corrected chi connectivity index (χ2v) is 8.60. The van der Waals surface area contributed by atoms with Crippen molar-refractivity contribution in [1.82, 2.24) is 9.62 Å². The van der Waals surface area contributed by atoms with Crippen molar-refractivity contribution in [2.45, 2.75) is 62.7 Å². The van der Waals surface area contributed by atoms with Gasteiger partial charge in [-0.1, -0.05) is 12.8 Å². The Kier molecular flexibility index (Phi) is 4.15. The van der Waals surface area contributed by atoms with Crippen LogP contribution in [0, 0.1) is 5.92 Å². The fourth-order valence-electron chi connectivity index (χ4n) is 3.58. The van der Waals surface area contributed by atoms with Crippen LogP contribution in [0.2, 0.25) is 0 Å². The summed E-state index contributed by atoms with van der Waals surface area (Å²) in [4.78, 5) is 2.49. The summed E-state index contributed by atoms with van der Waals surface area (Å²) in [5, 5.41) is -0.0855. The van der Waals surface area contributed by atoms with Gasteiger partial charge in [-0.25, -0.2) is 13.1 Å². The topological polar surface area (TPSA) is 49.4 Å². The first kappa shape index (κ1) is 13.8. The summed E-state index contributed by atoms with van der Waals surface area (Å²) >= 11 is 0. The summed E-state index contributed by atoms with van der Waals surface area (Å²) in [6.07, 6.45) is 9.36. The Morgan fingerprint density at radius 3 is 2.42 bits per heavy atom. The summed E-state index contributed by atoms with van der Waals surface area (Å²) in [7, 11) is -3.01. The van der Waals surface area contributed by atoms with Gasteiger partial charge in [0.25, 0.3) is 0 Å². The highest BCUT2D eigenvalue weighted by atomic mass is 32.2. The van der Waals surface area contributed by atoms with Crippen LogP contribution in [0.3, 0.4) is 0 Å². The van der Waals surface area contributed by atoms with Crippen LogP contribution in [-0.2, 0) is 10.0 Å². The second kappa shape index (κ2) is 5.70. The molecule has 0 aromatic heterocycles. The highest BCUT2D eigenvalue weighted by Crippen LogP contribution is 2.29. The van der Waals surface area contributed by atoms with Gasteiger partial charge in [-0.05, 0) is 51.0 Å². The minimum atomic E-state index is -3.01. The molecule has 3 fully saturated rings. The fourth-order valence-corrected chi connectivity index (χ4v) is 5.19. The molecule has 0 bridgehead atoms. The molecule has 4 nitrogen and oxygen atoms in total. The Bertz CT molecular complexity index is 400. The molecule has 0 amide bonds. The van der Waals surface area contributed by atoms with E-state index in [4.69, 9.17) is 0 Å². The molecule has 19 heavy (non-hydrogen) atoms. The molecule has 2 aliphatic carbocycles. The van der Waals surface area contributed by atoms with Gasteiger partial charge in [0.15, 0.2) is 0 Å². The lowest BCUT2D eigenvalue weighted by atomic mass is 10.0. The lowest BCUT2D eigenvalue weighted by molar-refractivity contribution is 0.175. The molecular formula is C14H26N2O2S. The molecule has 1 atom stereocenters. The van der Waals surface area contributed by atoms with Gasteiger partial charge in [-0.2, -0.15) is 0 Å². The molecule has 1 heterocycles. The van der Waals surface area contributed by atoms with E-state index in [1.807, 2.05) is 0 Å². The van der Waals surface area contributed by atoms with Crippen molar-refractivity contribution < 1.29 is 8.42 Å². The number of rotatable bonds is 5. The van der Waals surface area contributed by atoms with Crippen molar-refractivity contribution in [3.05, 3.63) is 0 Å². The predicted octanol–water partition coefficient (Wildman–Crippen LogP) is 1.72. The molecule has 2 saturated carbocycles. The first-order valence-corrected chi connectivity index (χ1v) is 9.41. The summed E-state index contributed by atoms with van der Waals surface area (Å²) in [6.45, 7) is 3.25. The van der Waals surface area contributed by atoms with Crippen molar-refractivity contribution in [2.75, 3.05) is 19.6 Å². The quantitative estimate of drug-likeness (QED) is 0.837. The Labute approximate surface area is 117 Å². The van der Waals surface area contributed by atoms with Gasteiger partial charge in [-0.15, -0.1) is 0 Å². The number of hydrogen-bond acceptors (Lipinski definition) is 3. The lowest BCUT2D eigenvalue weighted by Crippen LogP contribution is -2.49. The summed E-state index contributed by atoms with van der Waals surface area (Å²) in [6, 6.07) is 0.153. The van der Waals surface area contributed by atoms with E-state index in [-0.39, 0.29) is 11.3 Å². The summed E-state index contributed by atoms with van der Waals surface area (Å²) < 4.78 is 26.9. The zero-order valence-corrected chi connectivity index (χ0v) is 12.5. The maximum absolute atomic E-state index is 12.0. The maximum Gasteiger partial charge on any atom is 0.214 e. The first-order chi connectivity index (χ1) is 9.13. The number of piperidine rings is 1. The number of hydrogen-bond donors (Lipinski definition) is 1. The van der Waals surface area contributed by atoms with Crippen LogP contribution in [-0.4, -0.2) is 44.2 Å². The Morgan fingerprint density at radius 2 is 1.74 bits per heavy atom. The largest absolute Gasteiger partial charge is 0.301 e. The molecule has 1 saturated heterocycles. The van der Waals surface area contributed by atoms with Gasteiger partial charge in [0.05, 0.1) is 5.25 Å². The van der Waals surface area contributed by atoms with Crippen molar-refractivity contribution in [2.24, 2.45) is 5.92 Å². The Morgan fingerprint density at radius 1 is 1.00 bits per heavy atom. The summed E-state index contributed by atoms with van der Waals surface area (Å²) in [5.74, 6) is 0.860. The number of nitrogens with zero attached hydrogens (tertiary/aromatic N) is 1. The van der Waals surface area contributed by atoms with Gasteiger partial charge < -0.3 is 4.90 Å². The fraction of sp³-hybridized carbons (Fsp3) is 1.00. The molecule has 1 aliphatic heterocycles. The molecule has 0 aromatic carbocycles. The highest BCUT2D eigenvalue weighted by Gasteiger charge is 2.37. The van der Waals surface area contributed by atoms with Crippen LogP contribution in [0.25, 0.3) is 0 Å². The average Bonchev–Trinajstić information content (AvgIpc) is 3.11. The normalized spacial score (nSPS) is 30.8. The van der Waals surface area contributed by atoms with Gasteiger partial charge in [0.2, 0.25) is 10.0 Å². The van der Waals surface area contributed by atoms with E-state index in [1.165, 1.54) is 32.2 Å². The molecular weight excluding hydrogens is 260 g/mol. The van der Waals surface area contributed by atoms with E-state index in [0.717, 1.165) is 44.7 Å². The van der Waals surface area contributed by atoms with Gasteiger partial charge in [0.1, 0.15) is 0 Å². The minimum absolute atomic E-state index is 0.0855. The summed E-state index contributed by atoms with van der Waals surface area (Å²) in [5.41, 5.74) is 0. The van der Waals surface area contributed by atoms with E-state index >= 15 is 0 Å². The van der Waals surface area contributed by atoms with Crippen LogP contribution in [0.15, 0.2) is 0 Å². The van der Waals surface area contributed by atoms with E-state index in [1.54, 1.807) is 0 Å². The number of likely N-dealkylation sites (tertiary alicyclic amines) is 1. The van der Waals surface area contributed by atoms with Crippen molar-refractivity contribution in [3.8, 4) is 0 Å². The molecule has 3 rings (SSSR count). The standard InChI is InChI=1S/C14H26N2O2S/c17-19(18,14-7-8-14)15-13-6-3-9-16(11-13)10-12-4-1-2-5-12/h12-15H,1-11H2. The molecule has 1 N–H and O–H groups in total. The van der Waals surface area contributed by atoms with Crippen LogP contribution < -0.4 is 4.72 Å². The SMILES string of the molecule is O=S(=O)(NC1CCCN(CC2CCCC2)C1)C1CC1. The highest BCUT2D eigenvalue weighted by molar-refractivity contribution is 7.90. The van der Waals surface area contributed by atoms with Crippen molar-refractivity contribution >= 4 is 10.0 Å². The van der Waals surface area contributed by atoms with E-state index in [2.05, 4.69) is 9.62 Å². The zero-order valence-electron chi connectivity index (χ0n) is 11.7. The first-order valence-electron chi connectivity index (χ1n) is 7.87. The predicted molar refractivity (Wildman–Crippen MR) is 76.5 cm³/mol. The van der Waals surface area contributed by atoms with Gasteiger partial charge in [-0.3, -0.25) is 0 Å². The lowest BCUT2D eigenvalue weighted by Gasteiger charge is -2.34. The zero-order chi connectivity index (χ0) is 13.3. The molecule has 5 heteroatoms. The third-order valence-corrected chi connectivity index (χ3v) is 6.80. The van der Waals surface area contributed by atoms with Crippen LogP contribution in [0.1, 0.15) is 51.4 Å². The second-order valence-electron chi connectivity index (χ2n) is 6.61. The maximum atomic E-state index is 12.0. The molecule has 0 aromatic rings. The molecule has 0 radical (unpaired) electrons. The van der Waals surface area contributed by atoms with Gasteiger partial charge in [0, 0.05) is 19.1 Å². The molecule has 3 aliphatic rings. The monoisotopic (exact) mass is 286 g/mol. The van der Waals surface area contributed by atoms with Gasteiger partial charge >= 0.3 is 0 Å². The van der Waals surface area contributed by atoms with E-state index < -0.39 is 10.0 Å². The smallest absolute Gasteiger partial charge is 0.214 e. The molecule has 110 valence electrons. The Balaban J connectivity index is 1.49. The van der Waals surface area contributed by atoms with E-state index in [9.17, 15) is 8.42 Å². The minimum Gasteiger partial charge on any atom is -0.301 e. The average molecular weight is 286 g/mol. The van der Waals surface area contributed by atoms with Crippen LogP contribution in [0.5, 0.6) is 0 Å². The van der Waals surface area contributed by atoms with Crippen molar-refractivity contribution in [1.29, 1.82) is 0 Å². The third-order valence-electron chi connectivity index (χ3n) is 4.79. The van der Waals surface area contributed by atoms with Crippen molar-refractivity contribution in [3.63, 3.8) is 0 Å². The van der Waals surface area contributed by atoms with Crippen LogP contribution in [0.4, 0.5) is 0 Å². The number of sulfonamides is 1. The van der Waals surface area contributed by atoms with E-state index in [0.29, 0.717) is 0 Å². The number of nitrogens with one attached hydrogen (secondary N) is 1.